The molecule has 3 aromatic rings. The topological polar surface area (TPSA) is 75.2 Å². The molecule has 1 atom stereocenters. The first-order valence-corrected chi connectivity index (χ1v) is 11.8. The number of carbonyl (C=O) groups excluding carboxylic acids is 2. The summed E-state index contributed by atoms with van der Waals surface area (Å²) in [5, 5.41) is 8.84. The molecule has 0 saturated heterocycles. The number of carbonyl (C=O) groups is 2. The SMILES string of the molecule is Cc1ccc(C(C(=O)NC2CCCC2)N(C(=O)c2csnn2)c2ccc(C)cc2C)cc1. The molecule has 1 aromatic heterocycles. The van der Waals surface area contributed by atoms with Gasteiger partial charge in [-0.25, -0.2) is 0 Å². The molecule has 1 fully saturated rings. The van der Waals surface area contributed by atoms with Crippen molar-refractivity contribution in [2.75, 3.05) is 4.90 Å². The number of aromatic nitrogens is 2. The second-order valence-corrected chi connectivity index (χ2v) is 9.17. The Hall–Kier alpha value is -3.06. The largest absolute Gasteiger partial charge is 0.351 e. The van der Waals surface area contributed by atoms with E-state index in [1.807, 2.05) is 63.2 Å². The molecule has 7 heteroatoms. The average Bonchev–Trinajstić information content (AvgIpc) is 3.47. The maximum atomic E-state index is 13.7. The number of aryl methyl sites for hydroxylation is 3. The fraction of sp³-hybridized carbons (Fsp3) is 0.360. The van der Waals surface area contributed by atoms with E-state index in [-0.39, 0.29) is 23.6 Å². The van der Waals surface area contributed by atoms with Crippen molar-refractivity contribution in [1.82, 2.24) is 14.9 Å². The van der Waals surface area contributed by atoms with Crippen molar-refractivity contribution in [3.05, 3.63) is 75.8 Å². The second kappa shape index (κ2) is 9.61. The van der Waals surface area contributed by atoms with Gasteiger partial charge in [-0.05, 0) is 62.3 Å². The second-order valence-electron chi connectivity index (χ2n) is 8.56. The molecule has 2 amide bonds. The molecule has 4 rings (SSSR count). The predicted octanol–water partition coefficient (Wildman–Crippen LogP) is 4.91. The number of nitrogens with one attached hydrogen (secondary N) is 1. The number of hydrogen-bond donors (Lipinski definition) is 1. The van der Waals surface area contributed by atoms with E-state index in [1.165, 1.54) is 0 Å². The minimum atomic E-state index is -0.813. The summed E-state index contributed by atoms with van der Waals surface area (Å²) in [7, 11) is 0. The van der Waals surface area contributed by atoms with Crippen LogP contribution in [0.2, 0.25) is 0 Å². The van der Waals surface area contributed by atoms with Crippen LogP contribution >= 0.6 is 11.5 Å². The van der Waals surface area contributed by atoms with Gasteiger partial charge in [0, 0.05) is 17.1 Å². The number of nitrogens with zero attached hydrogens (tertiary/aromatic N) is 3. The minimum Gasteiger partial charge on any atom is -0.351 e. The molecule has 32 heavy (non-hydrogen) atoms. The maximum Gasteiger partial charge on any atom is 0.280 e. The molecule has 2 aromatic carbocycles. The average molecular weight is 449 g/mol. The van der Waals surface area contributed by atoms with Crippen LogP contribution < -0.4 is 10.2 Å². The molecule has 166 valence electrons. The van der Waals surface area contributed by atoms with E-state index in [4.69, 9.17) is 0 Å². The molecule has 0 aliphatic heterocycles. The highest BCUT2D eigenvalue weighted by atomic mass is 32.1. The smallest absolute Gasteiger partial charge is 0.280 e. The fourth-order valence-corrected chi connectivity index (χ4v) is 4.77. The van der Waals surface area contributed by atoms with Gasteiger partial charge in [0.25, 0.3) is 5.91 Å². The Morgan fingerprint density at radius 1 is 1.03 bits per heavy atom. The van der Waals surface area contributed by atoms with Gasteiger partial charge in [0.05, 0.1) is 0 Å². The van der Waals surface area contributed by atoms with Crippen LogP contribution in [0.4, 0.5) is 5.69 Å². The van der Waals surface area contributed by atoms with Crippen LogP contribution in [0, 0.1) is 20.8 Å². The van der Waals surface area contributed by atoms with Crippen molar-refractivity contribution in [2.24, 2.45) is 0 Å². The van der Waals surface area contributed by atoms with Crippen molar-refractivity contribution < 1.29 is 9.59 Å². The molecule has 1 aliphatic rings. The van der Waals surface area contributed by atoms with Crippen molar-refractivity contribution >= 4 is 29.0 Å². The Bertz CT molecular complexity index is 1090. The fourth-order valence-electron chi connectivity index (χ4n) is 4.34. The predicted molar refractivity (Wildman–Crippen MR) is 127 cm³/mol. The summed E-state index contributed by atoms with van der Waals surface area (Å²) in [6, 6.07) is 13.0. The van der Waals surface area contributed by atoms with Crippen LogP contribution in [0.25, 0.3) is 0 Å². The Morgan fingerprint density at radius 2 is 1.72 bits per heavy atom. The first-order valence-electron chi connectivity index (χ1n) is 11.0. The van der Waals surface area contributed by atoms with Crippen molar-refractivity contribution in [3.8, 4) is 0 Å². The minimum absolute atomic E-state index is 0.146. The van der Waals surface area contributed by atoms with Gasteiger partial charge >= 0.3 is 0 Å². The molecule has 6 nitrogen and oxygen atoms in total. The summed E-state index contributed by atoms with van der Waals surface area (Å²) in [6.45, 7) is 5.98. The third-order valence-electron chi connectivity index (χ3n) is 6.01. The lowest BCUT2D eigenvalue weighted by Gasteiger charge is -2.33. The first-order chi connectivity index (χ1) is 15.4. The maximum absolute atomic E-state index is 13.7. The molecule has 0 bridgehead atoms. The van der Waals surface area contributed by atoms with E-state index in [1.54, 1.807) is 10.3 Å². The Labute approximate surface area is 192 Å². The van der Waals surface area contributed by atoms with Crippen LogP contribution in [-0.2, 0) is 4.79 Å². The van der Waals surface area contributed by atoms with E-state index >= 15 is 0 Å². The Morgan fingerprint density at radius 3 is 2.34 bits per heavy atom. The zero-order valence-electron chi connectivity index (χ0n) is 18.7. The normalized spacial score (nSPS) is 14.8. The third kappa shape index (κ3) is 4.72. The lowest BCUT2D eigenvalue weighted by molar-refractivity contribution is -0.123. The molecule has 1 N–H and O–H groups in total. The lowest BCUT2D eigenvalue weighted by atomic mass is 9.99. The van der Waals surface area contributed by atoms with Gasteiger partial charge in [-0.1, -0.05) is 64.9 Å². The number of rotatable bonds is 6. The van der Waals surface area contributed by atoms with Gasteiger partial charge in [-0.3, -0.25) is 14.5 Å². The number of benzene rings is 2. The number of anilines is 1. The van der Waals surface area contributed by atoms with E-state index in [9.17, 15) is 9.59 Å². The van der Waals surface area contributed by atoms with Crippen LogP contribution in [0.3, 0.4) is 0 Å². The van der Waals surface area contributed by atoms with E-state index < -0.39 is 6.04 Å². The van der Waals surface area contributed by atoms with Gasteiger partial charge in [-0.15, -0.1) is 5.10 Å². The molecule has 1 heterocycles. The summed E-state index contributed by atoms with van der Waals surface area (Å²) in [5.41, 5.74) is 4.81. The zero-order valence-corrected chi connectivity index (χ0v) is 19.5. The van der Waals surface area contributed by atoms with Crippen molar-refractivity contribution in [2.45, 2.75) is 58.5 Å². The monoisotopic (exact) mass is 448 g/mol. The van der Waals surface area contributed by atoms with Gasteiger partial charge in [0.2, 0.25) is 5.91 Å². The summed E-state index contributed by atoms with van der Waals surface area (Å²) >= 11 is 1.12. The highest BCUT2D eigenvalue weighted by molar-refractivity contribution is 7.03. The van der Waals surface area contributed by atoms with Crippen molar-refractivity contribution in [3.63, 3.8) is 0 Å². The summed E-state index contributed by atoms with van der Waals surface area (Å²) in [4.78, 5) is 29.0. The quantitative estimate of drug-likeness (QED) is 0.581. The molecule has 0 radical (unpaired) electrons. The summed E-state index contributed by atoms with van der Waals surface area (Å²) in [5.74, 6) is -0.505. The third-order valence-corrected chi connectivity index (χ3v) is 6.52. The van der Waals surface area contributed by atoms with Gasteiger partial charge in [0.15, 0.2) is 5.69 Å². The van der Waals surface area contributed by atoms with Crippen LogP contribution in [0.1, 0.15) is 64.5 Å². The van der Waals surface area contributed by atoms with E-state index in [0.717, 1.165) is 59.5 Å². The van der Waals surface area contributed by atoms with Crippen molar-refractivity contribution in [1.29, 1.82) is 0 Å². The molecular weight excluding hydrogens is 420 g/mol. The standard InChI is InChI=1S/C25H28N4O2S/c1-16-8-11-19(12-9-16)23(24(30)26-20-6-4-5-7-20)29(25(31)21-15-32-28-27-21)22-13-10-17(2)14-18(22)3/h8-15,20,23H,4-7H2,1-3H3,(H,26,30). The van der Waals surface area contributed by atoms with Gasteiger partial charge < -0.3 is 5.32 Å². The van der Waals surface area contributed by atoms with Gasteiger partial charge in [-0.2, -0.15) is 0 Å². The highest BCUT2D eigenvalue weighted by Crippen LogP contribution is 2.33. The Kier molecular flexibility index (Phi) is 6.65. The molecule has 1 saturated carbocycles. The van der Waals surface area contributed by atoms with Crippen LogP contribution in [0.5, 0.6) is 0 Å². The molecule has 1 aliphatic carbocycles. The first kappa shape index (κ1) is 22.1. The number of hydrogen-bond acceptors (Lipinski definition) is 5. The van der Waals surface area contributed by atoms with Gasteiger partial charge in [0.1, 0.15) is 6.04 Å². The number of amides is 2. The summed E-state index contributed by atoms with van der Waals surface area (Å²) < 4.78 is 3.87. The Balaban J connectivity index is 1.83. The molecule has 1 unspecified atom stereocenters. The molecule has 0 spiro atoms. The van der Waals surface area contributed by atoms with E-state index in [0.29, 0.717) is 5.69 Å². The van der Waals surface area contributed by atoms with Crippen LogP contribution in [-0.4, -0.2) is 27.4 Å². The van der Waals surface area contributed by atoms with E-state index in [2.05, 4.69) is 14.9 Å². The zero-order chi connectivity index (χ0) is 22.7. The summed E-state index contributed by atoms with van der Waals surface area (Å²) in [6.07, 6.45) is 4.18. The molecular formula is C25H28N4O2S. The lowest BCUT2D eigenvalue weighted by Crippen LogP contribution is -2.46. The van der Waals surface area contributed by atoms with Crippen LogP contribution in [0.15, 0.2) is 47.8 Å². The highest BCUT2D eigenvalue weighted by Gasteiger charge is 2.36.